The molecular weight excluding hydrogens is 438 g/mol. The molecular formula is C24H27N5O3S. The van der Waals surface area contributed by atoms with E-state index in [2.05, 4.69) is 16.5 Å². The van der Waals surface area contributed by atoms with Crippen molar-refractivity contribution in [2.75, 3.05) is 13.1 Å². The lowest BCUT2D eigenvalue weighted by Crippen LogP contribution is -2.44. The molecule has 0 spiro atoms. The van der Waals surface area contributed by atoms with Crippen molar-refractivity contribution in [2.24, 2.45) is 7.05 Å². The molecule has 2 heterocycles. The molecule has 0 radical (unpaired) electrons. The molecule has 0 atom stereocenters. The zero-order valence-electron chi connectivity index (χ0n) is 19.1. The number of nitrogens with one attached hydrogen (secondary N) is 1. The van der Waals surface area contributed by atoms with Gasteiger partial charge in [0.05, 0.1) is 16.4 Å². The number of amides is 2. The maximum Gasteiger partial charge on any atom is 0.272 e. The first kappa shape index (κ1) is 23.1. The summed E-state index contributed by atoms with van der Waals surface area (Å²) in [5.74, 6) is -0.437. The first-order valence-corrected chi connectivity index (χ1v) is 11.8. The molecule has 1 aromatic heterocycles. The maximum atomic E-state index is 13.3. The van der Waals surface area contributed by atoms with Crippen molar-refractivity contribution in [2.45, 2.75) is 49.1 Å². The Morgan fingerprint density at radius 3 is 2.64 bits per heavy atom. The summed E-state index contributed by atoms with van der Waals surface area (Å²) >= 11 is 1.65. The van der Waals surface area contributed by atoms with Crippen molar-refractivity contribution in [1.82, 2.24) is 20.0 Å². The van der Waals surface area contributed by atoms with E-state index < -0.39 is 4.75 Å². The lowest BCUT2D eigenvalue weighted by molar-refractivity contribution is -0.109. The summed E-state index contributed by atoms with van der Waals surface area (Å²) in [5, 5.41) is 16.1. The molecule has 1 aliphatic heterocycles. The van der Waals surface area contributed by atoms with Crippen LogP contribution in [-0.4, -0.2) is 55.4 Å². The predicted molar refractivity (Wildman–Crippen MR) is 125 cm³/mol. The van der Waals surface area contributed by atoms with Crippen LogP contribution in [0.5, 0.6) is 0 Å². The Bertz CT molecular complexity index is 1140. The summed E-state index contributed by atoms with van der Waals surface area (Å²) in [4.78, 5) is 39.3. The summed E-state index contributed by atoms with van der Waals surface area (Å²) < 4.78 is 0.952. The minimum Gasteiger partial charge on any atom is -0.347 e. The van der Waals surface area contributed by atoms with Crippen LogP contribution in [0, 0.1) is 11.3 Å². The number of carbonyl (C=O) groups is 3. The topological polar surface area (TPSA) is 108 Å². The van der Waals surface area contributed by atoms with E-state index >= 15 is 0 Å². The molecule has 2 amide bonds. The van der Waals surface area contributed by atoms with Crippen molar-refractivity contribution in [3.05, 3.63) is 52.3 Å². The molecule has 1 fully saturated rings. The summed E-state index contributed by atoms with van der Waals surface area (Å²) in [6, 6.07) is 9.08. The fraction of sp³-hybridized carbons (Fsp3) is 0.458. The van der Waals surface area contributed by atoms with Gasteiger partial charge in [-0.25, -0.2) is 0 Å². The zero-order valence-corrected chi connectivity index (χ0v) is 19.9. The van der Waals surface area contributed by atoms with E-state index in [1.54, 1.807) is 43.1 Å². The molecule has 1 saturated carbocycles. The predicted octanol–water partition coefficient (Wildman–Crippen LogP) is 2.46. The van der Waals surface area contributed by atoms with E-state index in [0.29, 0.717) is 42.9 Å². The first-order chi connectivity index (χ1) is 15.7. The summed E-state index contributed by atoms with van der Waals surface area (Å²) in [5.41, 5.74) is 2.86. The van der Waals surface area contributed by atoms with Crippen LogP contribution in [0.15, 0.2) is 24.3 Å². The Balaban J connectivity index is 1.45. The van der Waals surface area contributed by atoms with Crippen LogP contribution < -0.4 is 5.32 Å². The Labute approximate surface area is 197 Å². The average Bonchev–Trinajstić information content (AvgIpc) is 3.45. The highest BCUT2D eigenvalue weighted by Gasteiger charge is 2.49. The smallest absolute Gasteiger partial charge is 0.272 e. The van der Waals surface area contributed by atoms with Gasteiger partial charge in [-0.15, -0.1) is 11.8 Å². The largest absolute Gasteiger partial charge is 0.347 e. The molecule has 4 rings (SSSR count). The number of rotatable bonds is 8. The molecule has 9 heteroatoms. The number of aryl methyl sites for hydroxylation is 1. The molecule has 0 saturated heterocycles. The Hall–Kier alpha value is -3.12. The van der Waals surface area contributed by atoms with E-state index in [-0.39, 0.29) is 22.3 Å². The van der Waals surface area contributed by atoms with E-state index in [1.165, 1.54) is 4.68 Å². The Morgan fingerprint density at radius 2 is 2.03 bits per heavy atom. The number of nitriles is 1. The fourth-order valence-electron chi connectivity index (χ4n) is 4.23. The molecule has 0 unspecified atom stereocenters. The summed E-state index contributed by atoms with van der Waals surface area (Å²) in [6.07, 6.45) is 3.50. The van der Waals surface area contributed by atoms with Crippen LogP contribution in [0.3, 0.4) is 0 Å². The van der Waals surface area contributed by atoms with Crippen molar-refractivity contribution in [1.29, 1.82) is 5.26 Å². The summed E-state index contributed by atoms with van der Waals surface area (Å²) in [6.45, 7) is 5.24. The average molecular weight is 466 g/mol. The van der Waals surface area contributed by atoms with Gasteiger partial charge in [-0.05, 0) is 50.8 Å². The van der Waals surface area contributed by atoms with Crippen molar-refractivity contribution in [3.63, 3.8) is 0 Å². The van der Waals surface area contributed by atoms with E-state index in [4.69, 9.17) is 5.26 Å². The number of carbonyl (C=O) groups excluding carboxylic acids is 3. The SMILES string of the molecule is Cn1nc(C(=O)NCc2ccc(C#N)cc2)c2c1C(=O)N(CC1(SC(C)(C)C=O)CC1)CC2. The lowest BCUT2D eigenvalue weighted by atomic mass is 10.0. The second-order valence-electron chi connectivity index (χ2n) is 9.27. The number of thioether (sulfide) groups is 1. The van der Waals surface area contributed by atoms with Crippen LogP contribution in [0.4, 0.5) is 0 Å². The maximum absolute atomic E-state index is 13.3. The van der Waals surface area contributed by atoms with Crippen molar-refractivity contribution < 1.29 is 14.4 Å². The quantitative estimate of drug-likeness (QED) is 0.600. The third-order valence-corrected chi connectivity index (χ3v) is 7.66. The Kier molecular flexibility index (Phi) is 6.06. The minimum absolute atomic E-state index is 0.0720. The van der Waals surface area contributed by atoms with Crippen LogP contribution >= 0.6 is 11.8 Å². The van der Waals surface area contributed by atoms with Gasteiger partial charge in [0.15, 0.2) is 5.69 Å². The first-order valence-electron chi connectivity index (χ1n) is 11.0. The van der Waals surface area contributed by atoms with Gasteiger partial charge < -0.3 is 15.0 Å². The van der Waals surface area contributed by atoms with Gasteiger partial charge >= 0.3 is 0 Å². The normalized spacial score (nSPS) is 16.7. The van der Waals surface area contributed by atoms with Gasteiger partial charge in [-0.1, -0.05) is 12.1 Å². The van der Waals surface area contributed by atoms with Crippen molar-refractivity contribution in [3.8, 4) is 6.07 Å². The van der Waals surface area contributed by atoms with Crippen LogP contribution in [0.2, 0.25) is 0 Å². The highest BCUT2D eigenvalue weighted by Crippen LogP contribution is 2.53. The molecule has 1 aliphatic carbocycles. The van der Waals surface area contributed by atoms with Gasteiger partial charge in [0, 0.05) is 37.0 Å². The number of benzene rings is 1. The molecule has 2 aromatic rings. The second-order valence-corrected chi connectivity index (χ2v) is 11.4. The molecule has 172 valence electrons. The highest BCUT2D eigenvalue weighted by atomic mass is 32.2. The van der Waals surface area contributed by atoms with Crippen LogP contribution in [0.25, 0.3) is 0 Å². The van der Waals surface area contributed by atoms with Crippen LogP contribution in [-0.2, 0) is 24.8 Å². The zero-order chi connectivity index (χ0) is 23.8. The van der Waals surface area contributed by atoms with E-state index in [1.807, 2.05) is 18.7 Å². The fourth-order valence-corrected chi connectivity index (χ4v) is 5.92. The standard InChI is InChI=1S/C24H27N5O3S/c1-23(2,15-30)33-24(9-10-24)14-29-11-8-18-19(27-28(3)20(18)22(29)32)21(31)26-13-17-6-4-16(12-25)5-7-17/h4-7,15H,8-11,13-14H2,1-3H3,(H,26,31). The van der Waals surface area contributed by atoms with E-state index in [0.717, 1.165) is 24.7 Å². The molecule has 2 aliphatic rings. The highest BCUT2D eigenvalue weighted by molar-refractivity contribution is 8.02. The third kappa shape index (κ3) is 4.81. The number of fused-ring (bicyclic) bond motifs is 1. The molecule has 1 aromatic carbocycles. The third-order valence-electron chi connectivity index (χ3n) is 6.07. The molecule has 33 heavy (non-hydrogen) atoms. The van der Waals surface area contributed by atoms with E-state index in [9.17, 15) is 14.4 Å². The number of aromatic nitrogens is 2. The number of nitrogens with zero attached hydrogens (tertiary/aromatic N) is 4. The Morgan fingerprint density at radius 1 is 1.33 bits per heavy atom. The van der Waals surface area contributed by atoms with Crippen molar-refractivity contribution >= 4 is 29.9 Å². The monoisotopic (exact) mass is 465 g/mol. The second kappa shape index (κ2) is 8.67. The van der Waals surface area contributed by atoms with Gasteiger partial charge in [-0.3, -0.25) is 14.3 Å². The van der Waals surface area contributed by atoms with Crippen LogP contribution in [0.1, 0.15) is 64.4 Å². The van der Waals surface area contributed by atoms with Gasteiger partial charge in [0.25, 0.3) is 11.8 Å². The number of aldehydes is 1. The summed E-state index contributed by atoms with van der Waals surface area (Å²) in [7, 11) is 1.69. The van der Waals surface area contributed by atoms with Gasteiger partial charge in [-0.2, -0.15) is 10.4 Å². The molecule has 1 N–H and O–H groups in total. The van der Waals surface area contributed by atoms with Gasteiger partial charge in [0.2, 0.25) is 0 Å². The number of hydrogen-bond acceptors (Lipinski definition) is 6. The minimum atomic E-state index is -0.479. The van der Waals surface area contributed by atoms with Gasteiger partial charge in [0.1, 0.15) is 12.0 Å². The number of hydrogen-bond donors (Lipinski definition) is 1. The lowest BCUT2D eigenvalue weighted by Gasteiger charge is -2.33. The molecule has 0 bridgehead atoms. The molecule has 8 nitrogen and oxygen atoms in total.